The highest BCUT2D eigenvalue weighted by Gasteiger charge is 2.10. The van der Waals surface area contributed by atoms with Gasteiger partial charge in [0.05, 0.1) is 0 Å². The Kier molecular flexibility index (Phi) is 6.41. The summed E-state index contributed by atoms with van der Waals surface area (Å²) >= 11 is 1.78. The Morgan fingerprint density at radius 1 is 1.36 bits per heavy atom. The van der Waals surface area contributed by atoms with E-state index in [-0.39, 0.29) is 18.4 Å². The van der Waals surface area contributed by atoms with Gasteiger partial charge in [0.15, 0.2) is 0 Å². The third kappa shape index (κ3) is 3.99. The van der Waals surface area contributed by atoms with Gasteiger partial charge in [-0.1, -0.05) is 13.8 Å². The van der Waals surface area contributed by atoms with Crippen LogP contribution in [0.3, 0.4) is 0 Å². The highest BCUT2D eigenvalue weighted by atomic mass is 35.5. The Hall–Kier alpha value is -0.0500. The molecule has 2 N–H and O–H groups in total. The average Bonchev–Trinajstić information content (AvgIpc) is 2.47. The summed E-state index contributed by atoms with van der Waals surface area (Å²) in [5.41, 5.74) is 7.45. The fourth-order valence-electron chi connectivity index (χ4n) is 1.41. The first-order valence-corrected chi connectivity index (χ1v) is 5.78. The minimum Gasteiger partial charge on any atom is -0.323 e. The quantitative estimate of drug-likeness (QED) is 0.839. The van der Waals surface area contributed by atoms with Crippen LogP contribution < -0.4 is 5.73 Å². The zero-order chi connectivity index (χ0) is 9.84. The molecule has 0 aliphatic heterocycles. The van der Waals surface area contributed by atoms with Crippen molar-refractivity contribution < 1.29 is 0 Å². The van der Waals surface area contributed by atoms with Crippen LogP contribution >= 0.6 is 23.7 Å². The molecule has 0 amide bonds. The van der Waals surface area contributed by atoms with Crippen LogP contribution in [-0.2, 0) is 0 Å². The highest BCUT2D eigenvalue weighted by Crippen LogP contribution is 2.26. The Balaban J connectivity index is 0.00000169. The second-order valence-electron chi connectivity index (χ2n) is 4.05. The molecule has 0 radical (unpaired) electrons. The highest BCUT2D eigenvalue weighted by molar-refractivity contribution is 7.10. The third-order valence-electron chi connectivity index (χ3n) is 2.29. The lowest BCUT2D eigenvalue weighted by Crippen LogP contribution is -2.10. The van der Waals surface area contributed by atoms with Gasteiger partial charge in [-0.2, -0.15) is 0 Å². The molecular weight excluding hydrogens is 214 g/mol. The lowest BCUT2D eigenvalue weighted by Gasteiger charge is -2.12. The molecule has 0 fully saturated rings. The van der Waals surface area contributed by atoms with Crippen molar-refractivity contribution in [2.24, 2.45) is 11.7 Å². The second kappa shape index (κ2) is 6.44. The summed E-state index contributed by atoms with van der Waals surface area (Å²) in [7, 11) is 0. The number of hydrogen-bond acceptors (Lipinski definition) is 2. The first kappa shape index (κ1) is 13.9. The minimum absolute atomic E-state index is 0. The maximum atomic E-state index is 6.10. The summed E-state index contributed by atoms with van der Waals surface area (Å²) in [5, 5.41) is 2.12. The Morgan fingerprint density at radius 2 is 2.00 bits per heavy atom. The first-order valence-electron chi connectivity index (χ1n) is 4.91. The molecule has 1 nitrogen and oxygen atoms in total. The van der Waals surface area contributed by atoms with Crippen LogP contribution in [0.5, 0.6) is 0 Å². The maximum absolute atomic E-state index is 6.10. The number of halogens is 1. The van der Waals surface area contributed by atoms with E-state index in [0.717, 1.165) is 12.3 Å². The van der Waals surface area contributed by atoms with Gasteiger partial charge in [-0.15, -0.1) is 23.7 Å². The lowest BCUT2D eigenvalue weighted by molar-refractivity contribution is 0.510. The predicted octanol–water partition coefficient (Wildman–Crippen LogP) is 3.91. The molecule has 0 spiro atoms. The monoisotopic (exact) mass is 233 g/mol. The van der Waals surface area contributed by atoms with E-state index in [1.165, 1.54) is 16.9 Å². The standard InChI is InChI=1S/C11H19NS.ClH/c1-8(2)4-5-10(12)11-9(3)6-7-13-11;/h6-8,10H,4-5,12H2,1-3H3;1H. The Bertz CT molecular complexity index is 258. The molecule has 0 aliphatic carbocycles. The van der Waals surface area contributed by atoms with E-state index in [1.54, 1.807) is 11.3 Å². The van der Waals surface area contributed by atoms with Crippen molar-refractivity contribution in [3.63, 3.8) is 0 Å². The van der Waals surface area contributed by atoms with Gasteiger partial charge in [0, 0.05) is 10.9 Å². The van der Waals surface area contributed by atoms with Crippen molar-refractivity contribution in [1.29, 1.82) is 0 Å². The number of rotatable bonds is 4. The zero-order valence-electron chi connectivity index (χ0n) is 9.12. The van der Waals surface area contributed by atoms with Crippen LogP contribution in [0.4, 0.5) is 0 Å². The van der Waals surface area contributed by atoms with Crippen molar-refractivity contribution >= 4 is 23.7 Å². The molecule has 1 heterocycles. The molecule has 0 bridgehead atoms. The third-order valence-corrected chi connectivity index (χ3v) is 3.44. The topological polar surface area (TPSA) is 26.0 Å². The number of hydrogen-bond donors (Lipinski definition) is 1. The van der Waals surface area contributed by atoms with Gasteiger partial charge in [-0.05, 0) is 42.7 Å². The van der Waals surface area contributed by atoms with E-state index in [2.05, 4.69) is 32.2 Å². The molecule has 1 aromatic rings. The van der Waals surface area contributed by atoms with Gasteiger partial charge in [0.25, 0.3) is 0 Å². The molecule has 3 heteroatoms. The first-order chi connectivity index (χ1) is 6.11. The van der Waals surface area contributed by atoms with Crippen LogP contribution in [0.2, 0.25) is 0 Å². The number of aryl methyl sites for hydroxylation is 1. The molecular formula is C11H20ClNS. The summed E-state index contributed by atoms with van der Waals surface area (Å²) in [6.45, 7) is 6.63. The normalized spacial score (nSPS) is 12.6. The Labute approximate surface area is 97.1 Å². The van der Waals surface area contributed by atoms with E-state index in [4.69, 9.17) is 5.73 Å². The van der Waals surface area contributed by atoms with Crippen molar-refractivity contribution in [1.82, 2.24) is 0 Å². The van der Waals surface area contributed by atoms with E-state index in [0.29, 0.717) is 0 Å². The van der Waals surface area contributed by atoms with Gasteiger partial charge in [0.2, 0.25) is 0 Å². The molecule has 0 aromatic carbocycles. The van der Waals surface area contributed by atoms with Crippen molar-refractivity contribution in [3.05, 3.63) is 21.9 Å². The second-order valence-corrected chi connectivity index (χ2v) is 4.99. The summed E-state index contributed by atoms with van der Waals surface area (Å²) in [6, 6.07) is 2.40. The predicted molar refractivity (Wildman–Crippen MR) is 67.3 cm³/mol. The van der Waals surface area contributed by atoms with Crippen LogP contribution in [0, 0.1) is 12.8 Å². The van der Waals surface area contributed by atoms with Crippen LogP contribution in [-0.4, -0.2) is 0 Å². The van der Waals surface area contributed by atoms with Crippen LogP contribution in [0.1, 0.15) is 43.2 Å². The fraction of sp³-hybridized carbons (Fsp3) is 0.636. The molecule has 0 aliphatic rings. The van der Waals surface area contributed by atoms with E-state index in [1.807, 2.05) is 0 Å². The number of thiophene rings is 1. The SMILES string of the molecule is Cc1ccsc1C(N)CCC(C)C.Cl. The number of nitrogens with two attached hydrogens (primary N) is 1. The molecule has 0 saturated carbocycles. The van der Waals surface area contributed by atoms with Gasteiger partial charge in [-0.25, -0.2) is 0 Å². The minimum atomic E-state index is 0. The summed E-state index contributed by atoms with van der Waals surface area (Å²) in [6.07, 6.45) is 2.33. The molecule has 1 unspecified atom stereocenters. The Morgan fingerprint density at radius 3 is 2.43 bits per heavy atom. The van der Waals surface area contributed by atoms with Gasteiger partial charge < -0.3 is 5.73 Å². The van der Waals surface area contributed by atoms with E-state index in [9.17, 15) is 0 Å². The molecule has 14 heavy (non-hydrogen) atoms. The van der Waals surface area contributed by atoms with Crippen molar-refractivity contribution in [2.75, 3.05) is 0 Å². The lowest BCUT2D eigenvalue weighted by atomic mass is 10.0. The van der Waals surface area contributed by atoms with Crippen LogP contribution in [0.15, 0.2) is 11.4 Å². The zero-order valence-corrected chi connectivity index (χ0v) is 10.8. The van der Waals surface area contributed by atoms with E-state index < -0.39 is 0 Å². The van der Waals surface area contributed by atoms with Crippen molar-refractivity contribution in [3.8, 4) is 0 Å². The average molecular weight is 234 g/mol. The van der Waals surface area contributed by atoms with Crippen LogP contribution in [0.25, 0.3) is 0 Å². The molecule has 0 saturated heterocycles. The van der Waals surface area contributed by atoms with E-state index >= 15 is 0 Å². The van der Waals surface area contributed by atoms with Gasteiger partial charge in [-0.3, -0.25) is 0 Å². The largest absolute Gasteiger partial charge is 0.323 e. The maximum Gasteiger partial charge on any atom is 0.0392 e. The van der Waals surface area contributed by atoms with Gasteiger partial charge >= 0.3 is 0 Å². The fourth-order valence-corrected chi connectivity index (χ4v) is 2.37. The summed E-state index contributed by atoms with van der Waals surface area (Å²) < 4.78 is 0. The molecule has 1 aromatic heterocycles. The molecule has 1 rings (SSSR count). The van der Waals surface area contributed by atoms with Gasteiger partial charge in [0.1, 0.15) is 0 Å². The summed E-state index contributed by atoms with van der Waals surface area (Å²) in [4.78, 5) is 1.36. The smallest absolute Gasteiger partial charge is 0.0392 e. The summed E-state index contributed by atoms with van der Waals surface area (Å²) in [5.74, 6) is 0.756. The molecule has 82 valence electrons. The van der Waals surface area contributed by atoms with Crippen molar-refractivity contribution in [2.45, 2.75) is 39.7 Å². The molecule has 1 atom stereocenters.